The molecular formula is C23H26N6O2. The monoisotopic (exact) mass is 418 g/mol. The second-order valence-corrected chi connectivity index (χ2v) is 7.71. The molecule has 0 saturated carbocycles. The first-order valence-electron chi connectivity index (χ1n) is 10.2. The second kappa shape index (κ2) is 8.22. The van der Waals surface area contributed by atoms with E-state index in [0.29, 0.717) is 17.8 Å². The van der Waals surface area contributed by atoms with Crippen molar-refractivity contribution in [2.75, 3.05) is 7.11 Å². The Kier molecular flexibility index (Phi) is 5.46. The minimum absolute atomic E-state index is 0.0621. The third-order valence-electron chi connectivity index (χ3n) is 5.52. The van der Waals surface area contributed by atoms with E-state index in [1.807, 2.05) is 62.8 Å². The lowest BCUT2D eigenvalue weighted by atomic mass is 10.1. The summed E-state index contributed by atoms with van der Waals surface area (Å²) in [6.07, 6.45) is 2.43. The summed E-state index contributed by atoms with van der Waals surface area (Å²) in [5, 5.41) is 12.0. The van der Waals surface area contributed by atoms with E-state index >= 15 is 0 Å². The van der Waals surface area contributed by atoms with E-state index in [1.165, 1.54) is 0 Å². The fraction of sp³-hybridized carbons (Fsp3) is 0.304. The van der Waals surface area contributed by atoms with E-state index in [2.05, 4.69) is 20.5 Å². The van der Waals surface area contributed by atoms with Crippen molar-refractivity contribution < 1.29 is 9.53 Å². The number of benzene rings is 1. The highest BCUT2D eigenvalue weighted by molar-refractivity contribution is 5.93. The van der Waals surface area contributed by atoms with Crippen LogP contribution in [0.15, 0.2) is 42.6 Å². The third-order valence-corrected chi connectivity index (χ3v) is 5.52. The Morgan fingerprint density at radius 1 is 1.16 bits per heavy atom. The van der Waals surface area contributed by atoms with E-state index in [0.717, 1.165) is 34.0 Å². The van der Waals surface area contributed by atoms with Gasteiger partial charge in [0.2, 0.25) is 0 Å². The maximum Gasteiger partial charge on any atom is 0.272 e. The molecule has 3 aromatic heterocycles. The van der Waals surface area contributed by atoms with Gasteiger partial charge in [0, 0.05) is 36.6 Å². The molecule has 1 N–H and O–H groups in total. The number of amides is 1. The van der Waals surface area contributed by atoms with Gasteiger partial charge in [-0.15, -0.1) is 0 Å². The number of methoxy groups -OCH3 is 1. The fourth-order valence-electron chi connectivity index (χ4n) is 3.75. The van der Waals surface area contributed by atoms with Crippen molar-refractivity contribution in [3.8, 4) is 17.0 Å². The van der Waals surface area contributed by atoms with Gasteiger partial charge in [-0.25, -0.2) is 9.50 Å². The lowest BCUT2D eigenvalue weighted by Gasteiger charge is -2.13. The largest absolute Gasteiger partial charge is 0.497 e. The van der Waals surface area contributed by atoms with Crippen LogP contribution in [0.25, 0.3) is 16.9 Å². The molecule has 0 unspecified atom stereocenters. The van der Waals surface area contributed by atoms with Gasteiger partial charge in [0.05, 0.1) is 18.5 Å². The predicted octanol–water partition coefficient (Wildman–Crippen LogP) is 3.12. The standard InChI is InChI=1S/C23H26N6O2/c1-14(12-19-15(2)26-28(4)16(19)3)25-23(30)20-13-22-24-11-10-21(29(22)27-20)17-6-8-18(31-5)9-7-17/h6-11,13-14H,12H2,1-5H3,(H,25,30)/t14-/m1/s1. The number of ether oxygens (including phenoxy) is 1. The summed E-state index contributed by atoms with van der Waals surface area (Å²) in [4.78, 5) is 17.2. The van der Waals surface area contributed by atoms with E-state index in [4.69, 9.17) is 4.74 Å². The van der Waals surface area contributed by atoms with Crippen LogP contribution in [0.4, 0.5) is 0 Å². The highest BCUT2D eigenvalue weighted by Crippen LogP contribution is 2.23. The van der Waals surface area contributed by atoms with Crippen LogP contribution in [-0.4, -0.2) is 43.4 Å². The van der Waals surface area contributed by atoms with Crippen LogP contribution >= 0.6 is 0 Å². The van der Waals surface area contributed by atoms with Gasteiger partial charge < -0.3 is 10.1 Å². The maximum atomic E-state index is 12.9. The molecule has 0 bridgehead atoms. The number of hydrogen-bond acceptors (Lipinski definition) is 5. The summed E-state index contributed by atoms with van der Waals surface area (Å²) >= 11 is 0. The smallest absolute Gasteiger partial charge is 0.272 e. The molecule has 0 aliphatic heterocycles. The normalized spacial score (nSPS) is 12.2. The molecule has 0 radical (unpaired) electrons. The van der Waals surface area contributed by atoms with Crippen LogP contribution in [0.1, 0.15) is 34.4 Å². The average molecular weight is 419 g/mol. The van der Waals surface area contributed by atoms with Crippen molar-refractivity contribution in [2.24, 2.45) is 7.05 Å². The molecule has 1 aromatic carbocycles. The van der Waals surface area contributed by atoms with Gasteiger partial charge in [-0.1, -0.05) is 0 Å². The third kappa shape index (κ3) is 4.01. The van der Waals surface area contributed by atoms with E-state index in [9.17, 15) is 4.79 Å². The van der Waals surface area contributed by atoms with E-state index < -0.39 is 0 Å². The first-order chi connectivity index (χ1) is 14.9. The van der Waals surface area contributed by atoms with Crippen molar-refractivity contribution in [1.29, 1.82) is 0 Å². The number of nitrogens with one attached hydrogen (secondary N) is 1. The number of fused-ring (bicyclic) bond motifs is 1. The van der Waals surface area contributed by atoms with Crippen molar-refractivity contribution in [1.82, 2.24) is 29.7 Å². The van der Waals surface area contributed by atoms with Crippen molar-refractivity contribution in [3.05, 3.63) is 65.2 Å². The van der Waals surface area contributed by atoms with Gasteiger partial charge in [-0.05, 0) is 63.1 Å². The Labute approximate surface area is 180 Å². The molecule has 4 aromatic rings. The first-order valence-corrected chi connectivity index (χ1v) is 10.2. The average Bonchev–Trinajstić information content (AvgIpc) is 3.30. The van der Waals surface area contributed by atoms with Gasteiger partial charge >= 0.3 is 0 Å². The number of carbonyl (C=O) groups is 1. The second-order valence-electron chi connectivity index (χ2n) is 7.71. The number of carbonyl (C=O) groups excluding carboxylic acids is 1. The van der Waals surface area contributed by atoms with Crippen LogP contribution in [0, 0.1) is 13.8 Å². The zero-order valence-corrected chi connectivity index (χ0v) is 18.4. The molecule has 160 valence electrons. The fourth-order valence-corrected chi connectivity index (χ4v) is 3.75. The predicted molar refractivity (Wildman–Crippen MR) is 118 cm³/mol. The number of aryl methyl sites for hydroxylation is 2. The molecular weight excluding hydrogens is 392 g/mol. The lowest BCUT2D eigenvalue weighted by molar-refractivity contribution is 0.0934. The molecule has 3 heterocycles. The van der Waals surface area contributed by atoms with Gasteiger partial charge in [-0.2, -0.15) is 10.2 Å². The highest BCUT2D eigenvalue weighted by atomic mass is 16.5. The minimum Gasteiger partial charge on any atom is -0.497 e. The summed E-state index contributed by atoms with van der Waals surface area (Å²) in [6.45, 7) is 6.02. The zero-order valence-electron chi connectivity index (χ0n) is 18.4. The molecule has 31 heavy (non-hydrogen) atoms. The molecule has 0 aliphatic rings. The zero-order chi connectivity index (χ0) is 22.1. The van der Waals surface area contributed by atoms with Crippen molar-refractivity contribution >= 4 is 11.6 Å². The molecule has 8 heteroatoms. The van der Waals surface area contributed by atoms with Gasteiger partial charge in [-0.3, -0.25) is 9.48 Å². The molecule has 1 atom stereocenters. The number of rotatable bonds is 6. The summed E-state index contributed by atoms with van der Waals surface area (Å²) in [6, 6.07) is 11.2. The molecule has 0 spiro atoms. The molecule has 0 saturated heterocycles. The van der Waals surface area contributed by atoms with Crippen LogP contribution in [-0.2, 0) is 13.5 Å². The molecule has 8 nitrogen and oxygen atoms in total. The van der Waals surface area contributed by atoms with Crippen LogP contribution in [0.5, 0.6) is 5.75 Å². The summed E-state index contributed by atoms with van der Waals surface area (Å²) in [7, 11) is 3.56. The Bertz CT molecular complexity index is 1240. The van der Waals surface area contributed by atoms with E-state index in [-0.39, 0.29) is 11.9 Å². The molecule has 4 rings (SSSR count). The first kappa shape index (κ1) is 20.6. The van der Waals surface area contributed by atoms with Crippen LogP contribution in [0.2, 0.25) is 0 Å². The van der Waals surface area contributed by atoms with Gasteiger partial charge in [0.25, 0.3) is 5.91 Å². The lowest BCUT2D eigenvalue weighted by Crippen LogP contribution is -2.34. The number of aromatic nitrogens is 5. The summed E-state index contributed by atoms with van der Waals surface area (Å²) in [5.41, 5.74) is 6.01. The number of nitrogens with zero attached hydrogens (tertiary/aromatic N) is 5. The summed E-state index contributed by atoms with van der Waals surface area (Å²) in [5.74, 6) is 0.556. The Hall–Kier alpha value is -3.68. The van der Waals surface area contributed by atoms with Gasteiger partial charge in [0.1, 0.15) is 5.75 Å². The quantitative estimate of drug-likeness (QED) is 0.520. The highest BCUT2D eigenvalue weighted by Gasteiger charge is 2.18. The van der Waals surface area contributed by atoms with Crippen molar-refractivity contribution in [2.45, 2.75) is 33.2 Å². The minimum atomic E-state index is -0.224. The molecule has 1 amide bonds. The van der Waals surface area contributed by atoms with Crippen LogP contribution < -0.4 is 10.1 Å². The topological polar surface area (TPSA) is 86.3 Å². The molecule has 0 aliphatic carbocycles. The SMILES string of the molecule is COc1ccc(-c2ccnc3cc(C(=O)N[C@H](C)Cc4c(C)nn(C)c4C)nn23)cc1. The van der Waals surface area contributed by atoms with Crippen molar-refractivity contribution in [3.63, 3.8) is 0 Å². The Morgan fingerprint density at radius 3 is 2.55 bits per heavy atom. The molecule has 0 fully saturated rings. The van der Waals surface area contributed by atoms with E-state index in [1.54, 1.807) is 23.9 Å². The number of hydrogen-bond donors (Lipinski definition) is 1. The maximum absolute atomic E-state index is 12.9. The van der Waals surface area contributed by atoms with Gasteiger partial charge in [0.15, 0.2) is 11.3 Å². The van der Waals surface area contributed by atoms with Crippen LogP contribution in [0.3, 0.4) is 0 Å². The summed E-state index contributed by atoms with van der Waals surface area (Å²) < 4.78 is 8.79. The Morgan fingerprint density at radius 2 is 1.90 bits per heavy atom. The Balaban J connectivity index is 1.56.